The lowest BCUT2D eigenvalue weighted by atomic mass is 10.0. The van der Waals surface area contributed by atoms with Crippen molar-refractivity contribution in [2.24, 2.45) is 5.92 Å². The molecule has 1 aromatic rings. The molecule has 0 radical (unpaired) electrons. The summed E-state index contributed by atoms with van der Waals surface area (Å²) in [6.45, 7) is 3.46. The summed E-state index contributed by atoms with van der Waals surface area (Å²) in [5.41, 5.74) is 0. The van der Waals surface area contributed by atoms with Crippen molar-refractivity contribution < 1.29 is 22.7 Å². The van der Waals surface area contributed by atoms with Crippen LogP contribution in [0.2, 0.25) is 0 Å². The third-order valence-corrected chi connectivity index (χ3v) is 4.31. The molecule has 0 bridgehead atoms. The Kier molecular flexibility index (Phi) is 4.94. The Morgan fingerprint density at radius 1 is 1.56 bits per heavy atom. The first-order chi connectivity index (χ1) is 8.27. The van der Waals surface area contributed by atoms with E-state index in [1.54, 1.807) is 13.8 Å². The molecule has 2 unspecified atom stereocenters. The molecule has 2 N–H and O–H groups in total. The summed E-state index contributed by atoms with van der Waals surface area (Å²) in [6.07, 6.45) is 0.543. The second-order valence-electron chi connectivity index (χ2n) is 3.88. The first-order valence-electron chi connectivity index (χ1n) is 5.28. The van der Waals surface area contributed by atoms with Crippen molar-refractivity contribution in [3.8, 4) is 0 Å². The number of carbonyl (C=O) groups is 1. The maximum absolute atomic E-state index is 11.9. The molecular formula is C10H14BrNO5S. The monoisotopic (exact) mass is 339 g/mol. The molecule has 0 aliphatic rings. The van der Waals surface area contributed by atoms with E-state index in [9.17, 15) is 13.2 Å². The number of aliphatic carboxylic acids is 1. The lowest BCUT2D eigenvalue weighted by Crippen LogP contribution is -2.44. The normalized spacial score (nSPS) is 15.3. The van der Waals surface area contributed by atoms with Gasteiger partial charge in [0.05, 0.1) is 0 Å². The van der Waals surface area contributed by atoms with Gasteiger partial charge in [0.25, 0.3) is 10.0 Å². The van der Waals surface area contributed by atoms with Gasteiger partial charge in [-0.3, -0.25) is 4.79 Å². The standard InChI is InChI=1S/C10H14BrNO5S/c1-3-6(2)9(10(13)14)12-18(15,16)8-5-4-7(11)17-8/h4-6,9,12H,3H2,1-2H3,(H,13,14). The van der Waals surface area contributed by atoms with E-state index in [4.69, 9.17) is 9.52 Å². The molecule has 0 amide bonds. The van der Waals surface area contributed by atoms with E-state index in [-0.39, 0.29) is 15.7 Å². The van der Waals surface area contributed by atoms with E-state index in [1.807, 2.05) is 0 Å². The zero-order valence-electron chi connectivity index (χ0n) is 9.88. The number of carboxylic acids is 1. The van der Waals surface area contributed by atoms with Crippen LogP contribution in [-0.4, -0.2) is 25.5 Å². The van der Waals surface area contributed by atoms with E-state index >= 15 is 0 Å². The molecule has 102 valence electrons. The molecule has 2 atom stereocenters. The second kappa shape index (κ2) is 5.85. The molecule has 0 aliphatic carbocycles. The summed E-state index contributed by atoms with van der Waals surface area (Å²) in [6, 6.07) is 1.50. The lowest BCUT2D eigenvalue weighted by molar-refractivity contribution is -0.140. The number of hydrogen-bond acceptors (Lipinski definition) is 4. The van der Waals surface area contributed by atoms with Crippen molar-refractivity contribution in [2.75, 3.05) is 0 Å². The van der Waals surface area contributed by atoms with E-state index < -0.39 is 22.0 Å². The molecule has 6 nitrogen and oxygen atoms in total. The minimum absolute atomic E-state index is 0.262. The Morgan fingerprint density at radius 2 is 2.17 bits per heavy atom. The van der Waals surface area contributed by atoms with Crippen molar-refractivity contribution in [1.82, 2.24) is 4.72 Å². The van der Waals surface area contributed by atoms with Gasteiger partial charge < -0.3 is 9.52 Å². The van der Waals surface area contributed by atoms with Crippen LogP contribution in [0, 0.1) is 5.92 Å². The average molecular weight is 340 g/mol. The Hall–Kier alpha value is -0.860. The number of furan rings is 1. The summed E-state index contributed by atoms with van der Waals surface area (Å²) < 4.78 is 31.1. The van der Waals surface area contributed by atoms with E-state index in [0.29, 0.717) is 6.42 Å². The average Bonchev–Trinajstić information content (AvgIpc) is 2.72. The number of carboxylic acid groups (broad SMARTS) is 1. The summed E-state index contributed by atoms with van der Waals surface area (Å²) in [5.74, 6) is -1.53. The molecule has 0 aromatic carbocycles. The van der Waals surface area contributed by atoms with Gasteiger partial charge in [-0.2, -0.15) is 4.72 Å². The van der Waals surface area contributed by atoms with Crippen molar-refractivity contribution in [1.29, 1.82) is 0 Å². The minimum atomic E-state index is -3.97. The van der Waals surface area contributed by atoms with Gasteiger partial charge in [-0.15, -0.1) is 0 Å². The van der Waals surface area contributed by atoms with Crippen LogP contribution in [0.4, 0.5) is 0 Å². The van der Waals surface area contributed by atoms with Crippen LogP contribution in [0.5, 0.6) is 0 Å². The van der Waals surface area contributed by atoms with Crippen molar-refractivity contribution in [2.45, 2.75) is 31.4 Å². The number of rotatable bonds is 6. The fourth-order valence-electron chi connectivity index (χ4n) is 1.31. The summed E-state index contributed by atoms with van der Waals surface area (Å²) in [4.78, 5) is 11.0. The molecule has 1 aromatic heterocycles. The van der Waals surface area contributed by atoms with Crippen LogP contribution >= 0.6 is 15.9 Å². The zero-order valence-corrected chi connectivity index (χ0v) is 12.3. The number of sulfonamides is 1. The highest BCUT2D eigenvalue weighted by atomic mass is 79.9. The van der Waals surface area contributed by atoms with Crippen LogP contribution in [0.15, 0.2) is 26.3 Å². The highest BCUT2D eigenvalue weighted by molar-refractivity contribution is 9.10. The number of halogens is 1. The molecule has 8 heteroatoms. The van der Waals surface area contributed by atoms with E-state index in [2.05, 4.69) is 20.7 Å². The molecule has 0 spiro atoms. The Bertz CT molecular complexity index is 524. The van der Waals surface area contributed by atoms with Crippen LogP contribution in [0.1, 0.15) is 20.3 Å². The Morgan fingerprint density at radius 3 is 2.56 bits per heavy atom. The first kappa shape index (κ1) is 15.2. The number of hydrogen-bond donors (Lipinski definition) is 2. The fraction of sp³-hybridized carbons (Fsp3) is 0.500. The lowest BCUT2D eigenvalue weighted by Gasteiger charge is -2.19. The molecule has 0 aliphatic heterocycles. The van der Waals surface area contributed by atoms with Crippen molar-refractivity contribution in [3.63, 3.8) is 0 Å². The van der Waals surface area contributed by atoms with Crippen LogP contribution in [-0.2, 0) is 14.8 Å². The van der Waals surface area contributed by atoms with Gasteiger partial charge in [-0.25, -0.2) is 8.42 Å². The van der Waals surface area contributed by atoms with Gasteiger partial charge in [-0.1, -0.05) is 20.3 Å². The largest absolute Gasteiger partial charge is 0.480 e. The highest BCUT2D eigenvalue weighted by Crippen LogP contribution is 2.19. The van der Waals surface area contributed by atoms with Crippen LogP contribution < -0.4 is 4.72 Å². The summed E-state index contributed by atoms with van der Waals surface area (Å²) in [7, 11) is -3.97. The topological polar surface area (TPSA) is 96.6 Å². The third kappa shape index (κ3) is 3.56. The summed E-state index contributed by atoms with van der Waals surface area (Å²) >= 11 is 2.99. The van der Waals surface area contributed by atoms with Gasteiger partial charge in [0, 0.05) is 0 Å². The van der Waals surface area contributed by atoms with E-state index in [1.165, 1.54) is 12.1 Å². The smallest absolute Gasteiger partial charge is 0.322 e. The van der Waals surface area contributed by atoms with E-state index in [0.717, 1.165) is 0 Å². The van der Waals surface area contributed by atoms with Gasteiger partial charge in [0.15, 0.2) is 4.67 Å². The minimum Gasteiger partial charge on any atom is -0.480 e. The van der Waals surface area contributed by atoms with Gasteiger partial charge in [0.2, 0.25) is 5.09 Å². The summed E-state index contributed by atoms with van der Waals surface area (Å²) in [5, 5.41) is 8.71. The third-order valence-electron chi connectivity index (χ3n) is 2.57. The second-order valence-corrected chi connectivity index (χ2v) is 6.31. The predicted molar refractivity (Wildman–Crippen MR) is 67.6 cm³/mol. The molecule has 0 saturated carbocycles. The van der Waals surface area contributed by atoms with Crippen molar-refractivity contribution in [3.05, 3.63) is 16.8 Å². The number of nitrogens with one attached hydrogen (secondary N) is 1. The van der Waals surface area contributed by atoms with Crippen molar-refractivity contribution >= 4 is 31.9 Å². The predicted octanol–water partition coefficient (Wildman–Crippen LogP) is 1.82. The van der Waals surface area contributed by atoms with Gasteiger partial charge >= 0.3 is 5.97 Å². The first-order valence-corrected chi connectivity index (χ1v) is 7.56. The maximum atomic E-state index is 11.9. The van der Waals surface area contributed by atoms with Gasteiger partial charge in [0.1, 0.15) is 6.04 Å². The fourth-order valence-corrected chi connectivity index (χ4v) is 2.96. The Balaban J connectivity index is 2.96. The highest BCUT2D eigenvalue weighted by Gasteiger charge is 2.30. The Labute approximate surface area is 114 Å². The molecule has 18 heavy (non-hydrogen) atoms. The quantitative estimate of drug-likeness (QED) is 0.823. The van der Waals surface area contributed by atoms with Crippen LogP contribution in [0.3, 0.4) is 0 Å². The molecule has 1 rings (SSSR count). The molecule has 0 fully saturated rings. The zero-order chi connectivity index (χ0) is 13.9. The van der Waals surface area contributed by atoms with Gasteiger partial charge in [-0.05, 0) is 34.0 Å². The molecule has 0 saturated heterocycles. The van der Waals surface area contributed by atoms with Crippen LogP contribution in [0.25, 0.3) is 0 Å². The SMILES string of the molecule is CCC(C)C(NS(=O)(=O)c1ccc(Br)o1)C(=O)O. The molecule has 1 heterocycles. The molecular weight excluding hydrogens is 326 g/mol. The maximum Gasteiger partial charge on any atom is 0.322 e.